The van der Waals surface area contributed by atoms with Crippen LogP contribution in [0.25, 0.3) is 0 Å². The largest absolute Gasteiger partial charge is 0.488 e. The molecule has 0 spiro atoms. The van der Waals surface area contributed by atoms with Crippen LogP contribution >= 0.6 is 11.6 Å². The van der Waals surface area contributed by atoms with Crippen LogP contribution in [0.5, 0.6) is 5.75 Å². The second kappa shape index (κ2) is 6.31. The van der Waals surface area contributed by atoms with Crippen LogP contribution in [0.1, 0.15) is 16.7 Å². The predicted molar refractivity (Wildman–Crippen MR) is 81.5 cm³/mol. The van der Waals surface area contributed by atoms with Crippen molar-refractivity contribution in [2.45, 2.75) is 20.5 Å². The van der Waals surface area contributed by atoms with Gasteiger partial charge >= 0.3 is 7.12 Å². The van der Waals surface area contributed by atoms with Gasteiger partial charge in [0.1, 0.15) is 12.4 Å². The molecule has 0 aliphatic heterocycles. The Hall–Kier alpha value is -1.49. The summed E-state index contributed by atoms with van der Waals surface area (Å²) >= 11 is 5.84. The van der Waals surface area contributed by atoms with Crippen LogP contribution < -0.4 is 10.2 Å². The third-order valence-electron chi connectivity index (χ3n) is 3.08. The summed E-state index contributed by atoms with van der Waals surface area (Å²) in [5.41, 5.74) is 3.25. The van der Waals surface area contributed by atoms with Gasteiger partial charge in [0.05, 0.1) is 0 Å². The molecule has 0 atom stereocenters. The summed E-state index contributed by atoms with van der Waals surface area (Å²) in [6.07, 6.45) is 0. The lowest BCUT2D eigenvalue weighted by atomic mass is 9.78. The van der Waals surface area contributed by atoms with E-state index < -0.39 is 7.12 Å². The molecule has 0 aromatic heterocycles. The normalized spacial score (nSPS) is 10.4. The zero-order valence-corrected chi connectivity index (χ0v) is 12.2. The van der Waals surface area contributed by atoms with Crippen LogP contribution in [0.15, 0.2) is 36.4 Å². The van der Waals surface area contributed by atoms with E-state index in [0.29, 0.717) is 17.1 Å². The van der Waals surface area contributed by atoms with Crippen LogP contribution in [0.3, 0.4) is 0 Å². The van der Waals surface area contributed by atoms with Crippen LogP contribution in [0.2, 0.25) is 5.02 Å². The monoisotopic (exact) mass is 290 g/mol. The maximum absolute atomic E-state index is 9.20. The minimum atomic E-state index is -1.46. The highest BCUT2D eigenvalue weighted by atomic mass is 35.5. The molecule has 0 heterocycles. The number of halogens is 1. The lowest BCUT2D eigenvalue weighted by molar-refractivity contribution is 0.302. The fourth-order valence-corrected chi connectivity index (χ4v) is 2.22. The first-order valence-electron chi connectivity index (χ1n) is 6.32. The van der Waals surface area contributed by atoms with Gasteiger partial charge in [-0.3, -0.25) is 0 Å². The van der Waals surface area contributed by atoms with Gasteiger partial charge in [-0.2, -0.15) is 0 Å². The van der Waals surface area contributed by atoms with Gasteiger partial charge in [-0.1, -0.05) is 35.9 Å². The molecule has 0 aliphatic rings. The van der Waals surface area contributed by atoms with E-state index in [-0.39, 0.29) is 0 Å². The minimum absolute atomic E-state index is 0.444. The first-order chi connectivity index (χ1) is 9.47. The summed E-state index contributed by atoms with van der Waals surface area (Å²) in [5, 5.41) is 19.1. The maximum atomic E-state index is 9.20. The van der Waals surface area contributed by atoms with Crippen molar-refractivity contribution < 1.29 is 14.8 Å². The van der Waals surface area contributed by atoms with Gasteiger partial charge < -0.3 is 14.8 Å². The molecule has 0 saturated carbocycles. The molecule has 0 fully saturated rings. The summed E-state index contributed by atoms with van der Waals surface area (Å²) in [5.74, 6) is 0.768. The zero-order valence-electron chi connectivity index (χ0n) is 11.4. The Morgan fingerprint density at radius 1 is 1.05 bits per heavy atom. The zero-order chi connectivity index (χ0) is 14.7. The topological polar surface area (TPSA) is 49.7 Å². The Balaban J connectivity index is 2.15. The molecule has 104 valence electrons. The predicted octanol–water partition coefficient (Wildman–Crippen LogP) is 2.22. The van der Waals surface area contributed by atoms with Crippen molar-refractivity contribution in [3.8, 4) is 5.75 Å². The molecule has 3 nitrogen and oxygen atoms in total. The first-order valence-corrected chi connectivity index (χ1v) is 6.69. The molecule has 5 heteroatoms. The standard InChI is InChI=1S/C15H16BClO3/c1-10-7-13(16(18)19)8-11(2)15(10)20-9-12-3-5-14(17)6-4-12/h3-8,18-19H,9H2,1-2H3. The van der Waals surface area contributed by atoms with E-state index in [1.807, 2.05) is 38.1 Å². The van der Waals surface area contributed by atoms with Crippen LogP contribution in [0, 0.1) is 13.8 Å². The fraction of sp³-hybridized carbons (Fsp3) is 0.200. The summed E-state index contributed by atoms with van der Waals surface area (Å²) in [4.78, 5) is 0. The van der Waals surface area contributed by atoms with Gasteiger partial charge in [-0.15, -0.1) is 0 Å². The summed E-state index contributed by atoms with van der Waals surface area (Å²) < 4.78 is 5.82. The van der Waals surface area contributed by atoms with Crippen molar-refractivity contribution in [2.24, 2.45) is 0 Å². The molecule has 2 aromatic rings. The Bertz CT molecular complexity index is 574. The second-order valence-electron chi connectivity index (χ2n) is 4.77. The van der Waals surface area contributed by atoms with Crippen molar-refractivity contribution in [1.82, 2.24) is 0 Å². The SMILES string of the molecule is Cc1cc(B(O)O)cc(C)c1OCc1ccc(Cl)cc1. The number of aryl methyl sites for hydroxylation is 2. The second-order valence-corrected chi connectivity index (χ2v) is 5.21. The third kappa shape index (κ3) is 3.54. The molecule has 0 radical (unpaired) electrons. The van der Waals surface area contributed by atoms with E-state index in [4.69, 9.17) is 16.3 Å². The van der Waals surface area contributed by atoms with E-state index in [1.165, 1.54) is 0 Å². The molecule has 2 aromatic carbocycles. The van der Waals surface area contributed by atoms with Gasteiger partial charge in [0.15, 0.2) is 0 Å². The van der Waals surface area contributed by atoms with E-state index in [2.05, 4.69) is 0 Å². The van der Waals surface area contributed by atoms with E-state index >= 15 is 0 Å². The van der Waals surface area contributed by atoms with Crippen molar-refractivity contribution in [3.63, 3.8) is 0 Å². The Kier molecular flexibility index (Phi) is 4.71. The number of hydrogen-bond acceptors (Lipinski definition) is 3. The molecule has 0 amide bonds. The van der Waals surface area contributed by atoms with E-state index in [9.17, 15) is 10.0 Å². The lowest BCUT2D eigenvalue weighted by Gasteiger charge is -2.14. The van der Waals surface area contributed by atoms with Crippen molar-refractivity contribution in [2.75, 3.05) is 0 Å². The maximum Gasteiger partial charge on any atom is 0.488 e. The van der Waals surface area contributed by atoms with Crippen molar-refractivity contribution in [3.05, 3.63) is 58.1 Å². The highest BCUT2D eigenvalue weighted by molar-refractivity contribution is 6.58. The average molecular weight is 291 g/mol. The van der Waals surface area contributed by atoms with Crippen LogP contribution in [-0.2, 0) is 6.61 Å². The van der Waals surface area contributed by atoms with Gasteiger partial charge in [0.25, 0.3) is 0 Å². The molecule has 2 N–H and O–H groups in total. The molecule has 0 bridgehead atoms. The number of hydrogen-bond donors (Lipinski definition) is 2. The van der Waals surface area contributed by atoms with Crippen LogP contribution in [-0.4, -0.2) is 17.2 Å². The van der Waals surface area contributed by atoms with E-state index in [1.54, 1.807) is 12.1 Å². The average Bonchev–Trinajstić information content (AvgIpc) is 2.39. The van der Waals surface area contributed by atoms with Crippen LogP contribution in [0.4, 0.5) is 0 Å². The van der Waals surface area contributed by atoms with E-state index in [0.717, 1.165) is 22.4 Å². The van der Waals surface area contributed by atoms with Gasteiger partial charge in [-0.25, -0.2) is 0 Å². The summed E-state index contributed by atoms with van der Waals surface area (Å²) in [6.45, 7) is 4.21. The number of ether oxygens (including phenoxy) is 1. The molecule has 2 rings (SSSR count). The number of rotatable bonds is 4. The number of benzene rings is 2. The van der Waals surface area contributed by atoms with Gasteiger partial charge in [0, 0.05) is 5.02 Å². The Labute approximate surface area is 123 Å². The minimum Gasteiger partial charge on any atom is -0.488 e. The first kappa shape index (κ1) is 14.9. The lowest BCUT2D eigenvalue weighted by Crippen LogP contribution is -2.30. The quantitative estimate of drug-likeness (QED) is 0.849. The smallest absolute Gasteiger partial charge is 0.488 e. The van der Waals surface area contributed by atoms with Crippen molar-refractivity contribution >= 4 is 24.2 Å². The van der Waals surface area contributed by atoms with Gasteiger partial charge in [-0.05, 0) is 48.1 Å². The molecule has 20 heavy (non-hydrogen) atoms. The van der Waals surface area contributed by atoms with Gasteiger partial charge in [0.2, 0.25) is 0 Å². The highest BCUT2D eigenvalue weighted by Crippen LogP contribution is 2.23. The molecular formula is C15H16BClO3. The highest BCUT2D eigenvalue weighted by Gasteiger charge is 2.15. The third-order valence-corrected chi connectivity index (χ3v) is 3.33. The molecule has 0 unspecified atom stereocenters. The molecule has 0 aliphatic carbocycles. The summed E-state index contributed by atoms with van der Waals surface area (Å²) in [6, 6.07) is 10.9. The molecule has 0 saturated heterocycles. The fourth-order valence-electron chi connectivity index (χ4n) is 2.10. The molecular weight excluding hydrogens is 274 g/mol. The Morgan fingerprint density at radius 3 is 2.10 bits per heavy atom. The Morgan fingerprint density at radius 2 is 1.60 bits per heavy atom. The van der Waals surface area contributed by atoms with Crippen molar-refractivity contribution in [1.29, 1.82) is 0 Å². The summed E-state index contributed by atoms with van der Waals surface area (Å²) in [7, 11) is -1.46.